The first-order valence-corrected chi connectivity index (χ1v) is 4.96. The molecule has 0 fully saturated rings. The van der Waals surface area contributed by atoms with E-state index in [0.29, 0.717) is 0 Å². The van der Waals surface area contributed by atoms with Gasteiger partial charge in [-0.15, -0.1) is 0 Å². The van der Waals surface area contributed by atoms with E-state index in [4.69, 9.17) is 5.11 Å². The van der Waals surface area contributed by atoms with Crippen LogP contribution in [0.5, 0.6) is 0 Å². The number of carbonyl (C=O) groups is 1. The number of alkyl halides is 2. The van der Waals surface area contributed by atoms with Crippen LogP contribution >= 0.6 is 15.9 Å². The predicted molar refractivity (Wildman–Crippen MR) is 54.9 cm³/mol. The monoisotopic (exact) mass is 310 g/mol. The van der Waals surface area contributed by atoms with Crippen LogP contribution in [0.15, 0.2) is 10.7 Å². The summed E-state index contributed by atoms with van der Waals surface area (Å²) in [6.07, 6.45) is -3.64. The molecule has 1 rings (SSSR count). The number of hydrogen-bond acceptors (Lipinski definition) is 4. The quantitative estimate of drug-likeness (QED) is 0.523. The minimum absolute atomic E-state index is 0.360. The van der Waals surface area contributed by atoms with Crippen molar-refractivity contribution in [2.75, 3.05) is 0 Å². The number of rotatable bonds is 4. The lowest BCUT2D eigenvalue weighted by Crippen LogP contribution is -2.07. The molecule has 0 aliphatic carbocycles. The summed E-state index contributed by atoms with van der Waals surface area (Å²) in [5.74, 6) is -2.11. The first-order chi connectivity index (χ1) is 7.82. The van der Waals surface area contributed by atoms with Crippen LogP contribution < -0.4 is 0 Å². The molecule has 1 aromatic heterocycles. The normalized spacial score (nSPS) is 10.6. The van der Waals surface area contributed by atoms with Gasteiger partial charge in [0.1, 0.15) is 0 Å². The maximum Gasteiger partial charge on any atom is 0.368 e. The molecule has 92 valence electrons. The molecule has 1 N–H and O–H groups in total. The Labute approximate surface area is 102 Å². The maximum atomic E-state index is 12.5. The second-order valence-corrected chi connectivity index (χ2v) is 3.73. The lowest BCUT2D eigenvalue weighted by molar-refractivity contribution is -0.390. The molecule has 1 aromatic rings. The molecule has 17 heavy (non-hydrogen) atoms. The van der Waals surface area contributed by atoms with E-state index >= 15 is 0 Å². The predicted octanol–water partition coefficient (Wildman–Crippen LogP) is 2.32. The van der Waals surface area contributed by atoms with Crippen LogP contribution in [0.3, 0.4) is 0 Å². The van der Waals surface area contributed by atoms with E-state index in [0.717, 1.165) is 6.07 Å². The van der Waals surface area contributed by atoms with Crippen molar-refractivity contribution in [3.63, 3.8) is 0 Å². The molecule has 0 atom stereocenters. The summed E-state index contributed by atoms with van der Waals surface area (Å²) in [5, 5.41) is 19.1. The van der Waals surface area contributed by atoms with Crippen molar-refractivity contribution in [2.45, 2.75) is 12.8 Å². The molecule has 0 amide bonds. The third-order valence-corrected chi connectivity index (χ3v) is 2.44. The summed E-state index contributed by atoms with van der Waals surface area (Å²) < 4.78 is 24.6. The highest BCUT2D eigenvalue weighted by atomic mass is 79.9. The molecule has 0 spiro atoms. The fourth-order valence-electron chi connectivity index (χ4n) is 1.15. The number of carboxylic acids is 1. The lowest BCUT2D eigenvalue weighted by Gasteiger charge is -2.04. The van der Waals surface area contributed by atoms with Crippen LogP contribution in [0.2, 0.25) is 0 Å². The van der Waals surface area contributed by atoms with E-state index in [1.807, 2.05) is 0 Å². The van der Waals surface area contributed by atoms with E-state index < -0.39 is 35.1 Å². The van der Waals surface area contributed by atoms with E-state index in [9.17, 15) is 23.7 Å². The van der Waals surface area contributed by atoms with E-state index in [1.54, 1.807) is 0 Å². The first-order valence-electron chi connectivity index (χ1n) is 4.16. The van der Waals surface area contributed by atoms with Gasteiger partial charge in [-0.25, -0.2) is 8.78 Å². The van der Waals surface area contributed by atoms with Crippen LogP contribution in [-0.4, -0.2) is 21.0 Å². The Bertz CT molecular complexity index is 481. The van der Waals surface area contributed by atoms with Gasteiger partial charge in [0.2, 0.25) is 4.60 Å². The van der Waals surface area contributed by atoms with Crippen molar-refractivity contribution in [3.8, 4) is 0 Å². The third kappa shape index (κ3) is 3.16. The minimum Gasteiger partial charge on any atom is -0.481 e. The lowest BCUT2D eigenvalue weighted by atomic mass is 10.1. The van der Waals surface area contributed by atoms with Gasteiger partial charge in [0.15, 0.2) is 0 Å². The summed E-state index contributed by atoms with van der Waals surface area (Å²) in [4.78, 5) is 23.4. The molecular weight excluding hydrogens is 306 g/mol. The summed E-state index contributed by atoms with van der Waals surface area (Å²) in [5.41, 5.74) is -0.937. The van der Waals surface area contributed by atoms with Gasteiger partial charge >= 0.3 is 11.8 Å². The van der Waals surface area contributed by atoms with E-state index in [-0.39, 0.29) is 10.2 Å². The number of carboxylic acid groups (broad SMARTS) is 1. The Morgan fingerprint density at radius 3 is 2.65 bits per heavy atom. The van der Waals surface area contributed by atoms with Crippen molar-refractivity contribution < 1.29 is 23.6 Å². The molecule has 0 unspecified atom stereocenters. The number of hydrogen-bond donors (Lipinski definition) is 1. The van der Waals surface area contributed by atoms with E-state index in [1.165, 1.54) is 0 Å². The average molecular weight is 311 g/mol. The molecule has 6 nitrogen and oxygen atoms in total. The van der Waals surface area contributed by atoms with Crippen LogP contribution in [0.25, 0.3) is 0 Å². The van der Waals surface area contributed by atoms with Crippen LogP contribution in [0, 0.1) is 10.1 Å². The van der Waals surface area contributed by atoms with Gasteiger partial charge in [-0.1, -0.05) is 0 Å². The molecule has 0 radical (unpaired) electrons. The maximum absolute atomic E-state index is 12.5. The molecule has 0 aliphatic heterocycles. The largest absolute Gasteiger partial charge is 0.481 e. The number of nitro groups is 1. The zero-order valence-corrected chi connectivity index (χ0v) is 9.65. The van der Waals surface area contributed by atoms with Crippen molar-refractivity contribution in [1.82, 2.24) is 4.98 Å². The summed E-state index contributed by atoms with van der Waals surface area (Å²) >= 11 is 2.67. The first kappa shape index (κ1) is 13.4. The number of aromatic nitrogens is 1. The molecule has 0 bridgehead atoms. The zero-order chi connectivity index (χ0) is 13.2. The van der Waals surface area contributed by atoms with Gasteiger partial charge in [-0.2, -0.15) is 0 Å². The highest BCUT2D eigenvalue weighted by molar-refractivity contribution is 9.10. The second kappa shape index (κ2) is 5.13. The Kier molecular flexibility index (Phi) is 4.05. The SMILES string of the molecule is O=C(O)Cc1cc(C(F)F)c(Br)nc1[N+](=O)[O-]. The molecule has 0 aliphatic rings. The Hall–Kier alpha value is -1.64. The molecular formula is C8H5BrF2N2O4. The second-order valence-electron chi connectivity index (χ2n) is 2.98. The smallest absolute Gasteiger partial charge is 0.368 e. The van der Waals surface area contributed by atoms with Crippen LogP contribution in [0.4, 0.5) is 14.6 Å². The van der Waals surface area contributed by atoms with Crippen LogP contribution in [0.1, 0.15) is 17.6 Å². The fraction of sp³-hybridized carbons (Fsp3) is 0.250. The number of nitrogens with zero attached hydrogens (tertiary/aromatic N) is 2. The molecule has 0 saturated carbocycles. The van der Waals surface area contributed by atoms with Crippen molar-refractivity contribution in [1.29, 1.82) is 0 Å². The average Bonchev–Trinajstić information content (AvgIpc) is 2.18. The van der Waals surface area contributed by atoms with Crippen molar-refractivity contribution >= 4 is 27.7 Å². The molecule has 1 heterocycles. The number of aliphatic carboxylic acids is 1. The Morgan fingerprint density at radius 2 is 2.24 bits per heavy atom. The fourth-order valence-corrected chi connectivity index (χ4v) is 1.60. The Morgan fingerprint density at radius 1 is 1.65 bits per heavy atom. The van der Waals surface area contributed by atoms with Crippen molar-refractivity contribution in [3.05, 3.63) is 31.9 Å². The number of halogens is 3. The number of pyridine rings is 1. The van der Waals surface area contributed by atoms with Gasteiger partial charge in [0.05, 0.1) is 17.5 Å². The van der Waals surface area contributed by atoms with Crippen molar-refractivity contribution in [2.24, 2.45) is 0 Å². The molecule has 0 saturated heterocycles. The molecule has 0 aromatic carbocycles. The zero-order valence-electron chi connectivity index (χ0n) is 8.06. The highest BCUT2D eigenvalue weighted by Gasteiger charge is 2.25. The van der Waals surface area contributed by atoms with E-state index in [2.05, 4.69) is 20.9 Å². The van der Waals surface area contributed by atoms with Gasteiger partial charge in [0, 0.05) is 15.9 Å². The summed E-state index contributed by atoms with van der Waals surface area (Å²) in [6.45, 7) is 0. The van der Waals surface area contributed by atoms with Crippen LogP contribution in [-0.2, 0) is 11.2 Å². The third-order valence-electron chi connectivity index (χ3n) is 1.81. The van der Waals surface area contributed by atoms with Gasteiger partial charge < -0.3 is 15.2 Å². The Balaban J connectivity index is 3.36. The minimum atomic E-state index is -2.90. The van der Waals surface area contributed by atoms with Gasteiger partial charge in [-0.05, 0) is 16.0 Å². The molecule has 9 heteroatoms. The topological polar surface area (TPSA) is 93.3 Å². The summed E-state index contributed by atoms with van der Waals surface area (Å²) in [6, 6.07) is 0.772. The van der Waals surface area contributed by atoms with Gasteiger partial charge in [-0.3, -0.25) is 4.79 Å². The van der Waals surface area contributed by atoms with Gasteiger partial charge in [0.25, 0.3) is 6.43 Å². The standard InChI is InChI=1S/C8H5BrF2N2O4/c9-6-4(7(10)11)1-3(2-5(14)15)8(12-6)13(16)17/h1,7H,2H2,(H,14,15). The highest BCUT2D eigenvalue weighted by Crippen LogP contribution is 2.30. The summed E-state index contributed by atoms with van der Waals surface area (Å²) in [7, 11) is 0.